The van der Waals surface area contributed by atoms with Crippen molar-refractivity contribution in [2.45, 2.75) is 6.54 Å². The van der Waals surface area contributed by atoms with Crippen molar-refractivity contribution >= 4 is 33.2 Å². The molecule has 0 bridgehead atoms. The standard InChI is InChI=1S/C18H18BrN5O2/c19-15-16(22-24-6-2-5-20-17(15)24)18(25)21-14-4-1-3-13(11-14)12-23-7-9-26-10-8-23/h1-6,11H,7-10,12H2,(H,21,25). The van der Waals surface area contributed by atoms with Crippen molar-refractivity contribution in [2.24, 2.45) is 0 Å². The van der Waals surface area contributed by atoms with E-state index in [4.69, 9.17) is 4.74 Å². The van der Waals surface area contributed by atoms with Crippen molar-refractivity contribution in [3.63, 3.8) is 0 Å². The summed E-state index contributed by atoms with van der Waals surface area (Å²) in [7, 11) is 0. The Balaban J connectivity index is 1.50. The van der Waals surface area contributed by atoms with Crippen LogP contribution in [0.3, 0.4) is 0 Å². The second kappa shape index (κ2) is 7.53. The molecule has 0 saturated carbocycles. The number of aromatic nitrogens is 3. The van der Waals surface area contributed by atoms with E-state index in [1.54, 1.807) is 23.0 Å². The summed E-state index contributed by atoms with van der Waals surface area (Å²) in [5.41, 5.74) is 2.82. The van der Waals surface area contributed by atoms with E-state index < -0.39 is 0 Å². The molecule has 1 aliphatic rings. The van der Waals surface area contributed by atoms with Gasteiger partial charge in [0.05, 0.1) is 17.7 Å². The molecular formula is C18H18BrN5O2. The highest BCUT2D eigenvalue weighted by atomic mass is 79.9. The van der Waals surface area contributed by atoms with Gasteiger partial charge in [-0.15, -0.1) is 0 Å². The van der Waals surface area contributed by atoms with Crippen molar-refractivity contribution in [1.82, 2.24) is 19.5 Å². The molecule has 1 N–H and O–H groups in total. The lowest BCUT2D eigenvalue weighted by Crippen LogP contribution is -2.35. The maximum Gasteiger partial charge on any atom is 0.277 e. The zero-order valence-electron chi connectivity index (χ0n) is 14.1. The first-order valence-corrected chi connectivity index (χ1v) is 9.19. The Bertz CT molecular complexity index is 936. The molecule has 0 unspecified atom stereocenters. The Kier molecular flexibility index (Phi) is 4.96. The summed E-state index contributed by atoms with van der Waals surface area (Å²) < 4.78 is 7.54. The van der Waals surface area contributed by atoms with Gasteiger partial charge in [0.1, 0.15) is 0 Å². The van der Waals surface area contributed by atoms with E-state index in [2.05, 4.69) is 42.3 Å². The topological polar surface area (TPSA) is 71.8 Å². The minimum atomic E-state index is -0.272. The van der Waals surface area contributed by atoms with Crippen LogP contribution < -0.4 is 5.32 Å². The van der Waals surface area contributed by atoms with E-state index in [-0.39, 0.29) is 5.91 Å². The quantitative estimate of drug-likeness (QED) is 0.708. The van der Waals surface area contributed by atoms with Gasteiger partial charge in [0.15, 0.2) is 11.3 Å². The Labute approximate surface area is 159 Å². The van der Waals surface area contributed by atoms with Crippen LogP contribution in [0.4, 0.5) is 5.69 Å². The first-order valence-electron chi connectivity index (χ1n) is 8.40. The predicted octanol–water partition coefficient (Wildman–Crippen LogP) is 2.58. The number of ether oxygens (including phenoxy) is 1. The van der Waals surface area contributed by atoms with E-state index in [1.807, 2.05) is 18.2 Å². The monoisotopic (exact) mass is 415 g/mol. The highest BCUT2D eigenvalue weighted by Crippen LogP contribution is 2.22. The minimum absolute atomic E-state index is 0.272. The number of hydrogen-bond donors (Lipinski definition) is 1. The number of morpholine rings is 1. The molecule has 8 heteroatoms. The summed E-state index contributed by atoms with van der Waals surface area (Å²) in [5, 5.41) is 7.22. The fourth-order valence-corrected chi connectivity index (χ4v) is 3.50. The fourth-order valence-electron chi connectivity index (χ4n) is 2.96. The van der Waals surface area contributed by atoms with Gasteiger partial charge in [-0.3, -0.25) is 9.69 Å². The molecule has 4 rings (SSSR count). The molecule has 0 aliphatic carbocycles. The fraction of sp³-hybridized carbons (Fsp3) is 0.278. The lowest BCUT2D eigenvalue weighted by molar-refractivity contribution is 0.0342. The van der Waals surface area contributed by atoms with Crippen LogP contribution in [0.15, 0.2) is 47.2 Å². The summed E-state index contributed by atoms with van der Waals surface area (Å²) in [6, 6.07) is 9.66. The molecule has 3 heterocycles. The number of benzene rings is 1. The molecule has 0 atom stereocenters. The van der Waals surface area contributed by atoms with Gasteiger partial charge in [0.25, 0.3) is 5.91 Å². The SMILES string of the molecule is O=C(Nc1cccc(CN2CCOCC2)c1)c1nn2cccnc2c1Br. The van der Waals surface area contributed by atoms with Crippen LogP contribution in [0.25, 0.3) is 5.65 Å². The van der Waals surface area contributed by atoms with Gasteiger partial charge in [0, 0.05) is 37.7 Å². The minimum Gasteiger partial charge on any atom is -0.379 e. The number of amides is 1. The first kappa shape index (κ1) is 17.1. The van der Waals surface area contributed by atoms with Crippen LogP contribution >= 0.6 is 15.9 Å². The van der Waals surface area contributed by atoms with Gasteiger partial charge < -0.3 is 10.1 Å². The number of nitrogens with zero attached hydrogens (tertiary/aromatic N) is 4. The van der Waals surface area contributed by atoms with Crippen LogP contribution in [0, 0.1) is 0 Å². The van der Waals surface area contributed by atoms with Gasteiger partial charge in [-0.25, -0.2) is 9.50 Å². The molecule has 7 nitrogen and oxygen atoms in total. The van der Waals surface area contributed by atoms with Crippen LogP contribution in [-0.4, -0.2) is 51.7 Å². The smallest absolute Gasteiger partial charge is 0.277 e. The Morgan fingerprint density at radius 3 is 2.92 bits per heavy atom. The number of hydrogen-bond acceptors (Lipinski definition) is 5. The number of anilines is 1. The summed E-state index contributed by atoms with van der Waals surface area (Å²) >= 11 is 3.42. The highest BCUT2D eigenvalue weighted by molar-refractivity contribution is 9.10. The summed E-state index contributed by atoms with van der Waals surface area (Å²) in [6.45, 7) is 4.24. The molecular weight excluding hydrogens is 398 g/mol. The summed E-state index contributed by atoms with van der Waals surface area (Å²) in [4.78, 5) is 19.2. The van der Waals surface area contributed by atoms with Crippen molar-refractivity contribution in [2.75, 3.05) is 31.6 Å². The average Bonchev–Trinajstić information content (AvgIpc) is 3.00. The molecule has 2 aromatic heterocycles. The third-order valence-electron chi connectivity index (χ3n) is 4.25. The lowest BCUT2D eigenvalue weighted by Gasteiger charge is -2.26. The molecule has 134 valence electrons. The van der Waals surface area contributed by atoms with Crippen LogP contribution in [0.5, 0.6) is 0 Å². The maximum absolute atomic E-state index is 12.6. The van der Waals surface area contributed by atoms with Crippen molar-refractivity contribution in [1.29, 1.82) is 0 Å². The van der Waals surface area contributed by atoms with Crippen molar-refractivity contribution < 1.29 is 9.53 Å². The summed E-state index contributed by atoms with van der Waals surface area (Å²) in [6.07, 6.45) is 3.42. The van der Waals surface area contributed by atoms with Gasteiger partial charge >= 0.3 is 0 Å². The van der Waals surface area contributed by atoms with Gasteiger partial charge in [0.2, 0.25) is 0 Å². The van der Waals surface area contributed by atoms with E-state index in [9.17, 15) is 4.79 Å². The van der Waals surface area contributed by atoms with E-state index in [1.165, 1.54) is 0 Å². The predicted molar refractivity (Wildman–Crippen MR) is 101 cm³/mol. The Morgan fingerprint density at radius 1 is 1.27 bits per heavy atom. The van der Waals surface area contributed by atoms with Gasteiger partial charge in [-0.2, -0.15) is 5.10 Å². The molecule has 1 aromatic carbocycles. The number of rotatable bonds is 4. The van der Waals surface area contributed by atoms with E-state index in [0.29, 0.717) is 15.8 Å². The molecule has 1 saturated heterocycles. The number of fused-ring (bicyclic) bond motifs is 1. The third kappa shape index (κ3) is 3.62. The maximum atomic E-state index is 12.6. The lowest BCUT2D eigenvalue weighted by atomic mass is 10.1. The Morgan fingerprint density at radius 2 is 2.12 bits per heavy atom. The van der Waals surface area contributed by atoms with Crippen LogP contribution in [-0.2, 0) is 11.3 Å². The molecule has 1 aliphatic heterocycles. The number of carbonyl (C=O) groups is 1. The molecule has 1 fully saturated rings. The normalized spacial score (nSPS) is 15.3. The number of carbonyl (C=O) groups excluding carboxylic acids is 1. The number of nitrogens with one attached hydrogen (secondary N) is 1. The summed E-state index contributed by atoms with van der Waals surface area (Å²) in [5.74, 6) is -0.272. The van der Waals surface area contributed by atoms with Crippen molar-refractivity contribution in [3.8, 4) is 0 Å². The van der Waals surface area contributed by atoms with Crippen molar-refractivity contribution in [3.05, 3.63) is 58.5 Å². The highest BCUT2D eigenvalue weighted by Gasteiger charge is 2.18. The number of halogens is 1. The molecule has 0 spiro atoms. The zero-order chi connectivity index (χ0) is 17.9. The molecule has 3 aromatic rings. The van der Waals surface area contributed by atoms with Crippen LogP contribution in [0.2, 0.25) is 0 Å². The third-order valence-corrected chi connectivity index (χ3v) is 4.98. The average molecular weight is 416 g/mol. The molecule has 1 amide bonds. The second-order valence-corrected chi connectivity index (χ2v) is 6.89. The second-order valence-electron chi connectivity index (χ2n) is 6.09. The van der Waals surface area contributed by atoms with Gasteiger partial charge in [-0.05, 0) is 39.7 Å². The van der Waals surface area contributed by atoms with Gasteiger partial charge in [-0.1, -0.05) is 12.1 Å². The first-order chi connectivity index (χ1) is 12.7. The Hall–Kier alpha value is -2.29. The van der Waals surface area contributed by atoms with E-state index >= 15 is 0 Å². The molecule has 26 heavy (non-hydrogen) atoms. The largest absolute Gasteiger partial charge is 0.379 e. The van der Waals surface area contributed by atoms with E-state index in [0.717, 1.165) is 44.1 Å². The molecule has 0 radical (unpaired) electrons. The van der Waals surface area contributed by atoms with Crippen LogP contribution in [0.1, 0.15) is 16.1 Å². The zero-order valence-corrected chi connectivity index (χ0v) is 15.6.